The molecular formula is C28H28OP2. The molecule has 0 aliphatic carbocycles. The second kappa shape index (κ2) is 10.2. The second-order valence-electron chi connectivity index (χ2n) is 7.63. The van der Waals surface area contributed by atoms with E-state index < -0.39 is 15.8 Å². The minimum absolute atomic E-state index is 0.482. The van der Waals surface area contributed by atoms with Crippen LogP contribution in [0.3, 0.4) is 0 Å². The molecule has 31 heavy (non-hydrogen) atoms. The minimum Gasteiger partial charge on any atom is -0.496 e. The first kappa shape index (κ1) is 21.8. The average molecular weight is 442 g/mol. The molecule has 0 spiro atoms. The quantitative estimate of drug-likeness (QED) is 0.353. The number of para-hydroxylation sites is 1. The summed E-state index contributed by atoms with van der Waals surface area (Å²) in [6, 6.07) is 39.5. The molecule has 0 aromatic heterocycles. The highest BCUT2D eigenvalue weighted by molar-refractivity contribution is 7.83. The smallest absolute Gasteiger partial charge is 0.127 e. The Hall–Kier alpha value is -2.46. The van der Waals surface area contributed by atoms with Gasteiger partial charge in [-0.25, -0.2) is 0 Å². The molecule has 0 radical (unpaired) electrons. The Morgan fingerprint density at radius 2 is 1.03 bits per heavy atom. The van der Waals surface area contributed by atoms with Crippen LogP contribution in [-0.4, -0.2) is 12.8 Å². The van der Waals surface area contributed by atoms with E-state index in [2.05, 4.69) is 123 Å². The first-order valence-corrected chi connectivity index (χ1v) is 13.4. The van der Waals surface area contributed by atoms with Crippen LogP contribution in [0, 0.1) is 0 Å². The third-order valence-electron chi connectivity index (χ3n) is 5.27. The molecule has 156 valence electrons. The molecule has 0 heterocycles. The predicted octanol–water partition coefficient (Wildman–Crippen LogP) is 5.29. The van der Waals surface area contributed by atoms with Crippen molar-refractivity contribution in [3.8, 4) is 5.75 Å². The van der Waals surface area contributed by atoms with Crippen molar-refractivity contribution in [3.05, 3.63) is 109 Å². The number of benzene rings is 4. The molecule has 0 bridgehead atoms. The highest BCUT2D eigenvalue weighted by Gasteiger charge is 2.27. The Bertz CT molecular complexity index is 1110. The van der Waals surface area contributed by atoms with E-state index in [1.54, 1.807) is 7.11 Å². The van der Waals surface area contributed by atoms with Crippen molar-refractivity contribution in [3.63, 3.8) is 0 Å². The Labute approximate surface area is 188 Å². The Morgan fingerprint density at radius 3 is 1.61 bits per heavy atom. The summed E-state index contributed by atoms with van der Waals surface area (Å²) < 4.78 is 5.82. The monoisotopic (exact) mass is 442 g/mol. The van der Waals surface area contributed by atoms with Crippen LogP contribution in [0.15, 0.2) is 109 Å². The van der Waals surface area contributed by atoms with Crippen LogP contribution >= 0.6 is 15.8 Å². The second-order valence-corrected chi connectivity index (χ2v) is 12.6. The summed E-state index contributed by atoms with van der Waals surface area (Å²) in [7, 11) is 0.540. The summed E-state index contributed by atoms with van der Waals surface area (Å²) in [4.78, 5) is 0. The molecule has 4 aromatic carbocycles. The maximum absolute atomic E-state index is 5.82. The van der Waals surface area contributed by atoms with E-state index in [0.717, 1.165) is 5.75 Å². The lowest BCUT2D eigenvalue weighted by Gasteiger charge is -2.29. The number of methoxy groups -OCH3 is 1. The summed E-state index contributed by atoms with van der Waals surface area (Å²) in [6.07, 6.45) is 0. The highest BCUT2D eigenvalue weighted by Crippen LogP contribution is 2.43. The molecule has 3 heteroatoms. The van der Waals surface area contributed by atoms with Gasteiger partial charge in [0.05, 0.1) is 7.11 Å². The Morgan fingerprint density at radius 1 is 0.548 bits per heavy atom. The zero-order valence-corrected chi connectivity index (χ0v) is 20.1. The molecule has 0 aliphatic heterocycles. The number of rotatable bonds is 7. The number of hydrogen-bond acceptors (Lipinski definition) is 1. The van der Waals surface area contributed by atoms with Crippen molar-refractivity contribution in [2.24, 2.45) is 0 Å². The van der Waals surface area contributed by atoms with Gasteiger partial charge in [-0.2, -0.15) is 0 Å². The van der Waals surface area contributed by atoms with E-state index in [9.17, 15) is 0 Å². The topological polar surface area (TPSA) is 9.23 Å². The fourth-order valence-corrected chi connectivity index (χ4v) is 9.52. The van der Waals surface area contributed by atoms with Gasteiger partial charge in [0.15, 0.2) is 0 Å². The van der Waals surface area contributed by atoms with Gasteiger partial charge in [-0.15, -0.1) is 0 Å². The van der Waals surface area contributed by atoms with Crippen molar-refractivity contribution in [2.45, 2.75) is 19.5 Å². The van der Waals surface area contributed by atoms with E-state index in [1.165, 1.54) is 26.5 Å². The Kier molecular flexibility index (Phi) is 7.18. The van der Waals surface area contributed by atoms with Crippen LogP contribution in [0.5, 0.6) is 5.75 Å². The van der Waals surface area contributed by atoms with E-state index in [-0.39, 0.29) is 0 Å². The van der Waals surface area contributed by atoms with E-state index in [1.807, 2.05) is 0 Å². The Balaban J connectivity index is 1.95. The van der Waals surface area contributed by atoms with Crippen LogP contribution in [0.4, 0.5) is 0 Å². The van der Waals surface area contributed by atoms with Gasteiger partial charge in [-0.3, -0.25) is 0 Å². The number of hydrogen-bond donors (Lipinski definition) is 0. The fourth-order valence-electron chi connectivity index (χ4n) is 3.96. The maximum Gasteiger partial charge on any atom is 0.127 e. The molecular weight excluding hydrogens is 414 g/mol. The lowest BCUT2D eigenvalue weighted by atomic mass is 10.3. The largest absolute Gasteiger partial charge is 0.496 e. The van der Waals surface area contributed by atoms with Gasteiger partial charge in [0.1, 0.15) is 5.75 Å². The lowest BCUT2D eigenvalue weighted by molar-refractivity contribution is 0.418. The molecule has 0 amide bonds. The molecule has 4 aromatic rings. The average Bonchev–Trinajstić information content (AvgIpc) is 2.82. The van der Waals surface area contributed by atoms with Crippen molar-refractivity contribution in [1.29, 1.82) is 0 Å². The van der Waals surface area contributed by atoms with Crippen LogP contribution < -0.4 is 31.3 Å². The molecule has 2 unspecified atom stereocenters. The van der Waals surface area contributed by atoms with Crippen molar-refractivity contribution < 1.29 is 4.74 Å². The summed E-state index contributed by atoms with van der Waals surface area (Å²) >= 11 is 0. The van der Waals surface area contributed by atoms with Crippen molar-refractivity contribution in [1.82, 2.24) is 0 Å². The van der Waals surface area contributed by atoms with E-state index in [0.29, 0.717) is 5.66 Å². The van der Waals surface area contributed by atoms with Gasteiger partial charge < -0.3 is 4.74 Å². The molecule has 0 saturated carbocycles. The third kappa shape index (κ3) is 4.74. The lowest BCUT2D eigenvalue weighted by Crippen LogP contribution is -2.34. The summed E-state index contributed by atoms with van der Waals surface area (Å²) in [5.74, 6) is 0.959. The summed E-state index contributed by atoms with van der Waals surface area (Å²) in [5, 5.41) is 6.95. The molecule has 1 nitrogen and oxygen atoms in total. The molecule has 2 atom stereocenters. The van der Waals surface area contributed by atoms with Gasteiger partial charge in [0.25, 0.3) is 0 Å². The zero-order valence-electron chi connectivity index (χ0n) is 18.3. The highest BCUT2D eigenvalue weighted by atomic mass is 31.1. The van der Waals surface area contributed by atoms with Crippen LogP contribution in [0.2, 0.25) is 0 Å². The number of ether oxygens (including phenoxy) is 1. The van der Waals surface area contributed by atoms with Crippen LogP contribution in [0.25, 0.3) is 0 Å². The molecule has 4 rings (SSSR count). The molecule has 0 N–H and O–H groups in total. The summed E-state index contributed by atoms with van der Waals surface area (Å²) in [5.41, 5.74) is 0.545. The van der Waals surface area contributed by atoms with Gasteiger partial charge in [0, 0.05) is 5.30 Å². The first-order valence-electron chi connectivity index (χ1n) is 10.6. The predicted molar refractivity (Wildman–Crippen MR) is 139 cm³/mol. The SMILES string of the molecule is COc1ccccc1P(c1ccccc1)c1ccccc1P(c1ccccc1)C(C)C. The van der Waals surface area contributed by atoms with Crippen molar-refractivity contribution in [2.75, 3.05) is 7.11 Å². The van der Waals surface area contributed by atoms with Crippen LogP contribution in [-0.2, 0) is 0 Å². The third-order valence-corrected chi connectivity index (χ3v) is 10.8. The molecule has 0 saturated heterocycles. The standard InChI is InChI=1S/C28H28OP2/c1-22(2)30(23-14-6-4-7-15-23)27-20-12-13-21-28(27)31(24-16-8-5-9-17-24)26-19-11-10-18-25(26)29-3/h4-22H,1-3H3. The van der Waals surface area contributed by atoms with E-state index >= 15 is 0 Å². The minimum atomic E-state index is -0.750. The molecule has 0 fully saturated rings. The first-order chi connectivity index (χ1) is 15.2. The maximum atomic E-state index is 5.82. The fraction of sp³-hybridized carbons (Fsp3) is 0.143. The van der Waals surface area contributed by atoms with Gasteiger partial charge in [-0.1, -0.05) is 117 Å². The summed E-state index contributed by atoms with van der Waals surface area (Å²) in [6.45, 7) is 4.70. The molecule has 0 aliphatic rings. The van der Waals surface area contributed by atoms with E-state index in [4.69, 9.17) is 4.74 Å². The zero-order chi connectivity index (χ0) is 21.6. The van der Waals surface area contributed by atoms with Gasteiger partial charge >= 0.3 is 0 Å². The van der Waals surface area contributed by atoms with Gasteiger partial charge in [-0.05, 0) is 48.8 Å². The van der Waals surface area contributed by atoms with Crippen molar-refractivity contribution >= 4 is 42.4 Å². The normalized spacial score (nSPS) is 13.0. The van der Waals surface area contributed by atoms with Gasteiger partial charge in [0.2, 0.25) is 0 Å². The van der Waals surface area contributed by atoms with Crippen LogP contribution in [0.1, 0.15) is 13.8 Å².